The minimum Gasteiger partial charge on any atom is -0.455 e. The fourth-order valence-electron chi connectivity index (χ4n) is 1.52. The van der Waals surface area contributed by atoms with E-state index in [2.05, 4.69) is 5.43 Å². The number of rotatable bonds is 4. The maximum absolute atomic E-state index is 10.8. The lowest BCUT2D eigenvalue weighted by molar-refractivity contribution is -0.384. The molecule has 0 saturated carbocycles. The number of non-ortho nitro benzene ring substituents is 1. The molecule has 0 spiro atoms. The van der Waals surface area contributed by atoms with Gasteiger partial charge < -0.3 is 10.2 Å². The summed E-state index contributed by atoms with van der Waals surface area (Å²) < 4.78 is 5.51. The third-order valence-corrected chi connectivity index (χ3v) is 3.21. The lowest BCUT2D eigenvalue weighted by Gasteiger charge is -2.09. The molecule has 2 aromatic carbocycles. The van der Waals surface area contributed by atoms with E-state index in [1.54, 1.807) is 18.2 Å². The van der Waals surface area contributed by atoms with Crippen LogP contribution in [0.15, 0.2) is 36.4 Å². The zero-order valence-corrected chi connectivity index (χ0v) is 11.5. The molecule has 0 fully saturated rings. The second-order valence-electron chi connectivity index (χ2n) is 3.77. The van der Waals surface area contributed by atoms with Crippen LogP contribution in [-0.2, 0) is 0 Å². The number of hydrogen-bond acceptors (Lipinski definition) is 5. The van der Waals surface area contributed by atoms with Gasteiger partial charge in [0.1, 0.15) is 16.5 Å². The van der Waals surface area contributed by atoms with E-state index in [9.17, 15) is 10.1 Å². The summed E-state index contributed by atoms with van der Waals surface area (Å²) in [6, 6.07) is 8.91. The summed E-state index contributed by atoms with van der Waals surface area (Å²) in [6.45, 7) is 0. The molecule has 2 rings (SSSR count). The van der Waals surface area contributed by atoms with Crippen LogP contribution < -0.4 is 16.0 Å². The SMILES string of the molecule is NNc1cc(Oc2cccc(Cl)c2Cl)cc([N+](=O)[O-])c1. The maximum atomic E-state index is 10.8. The molecule has 0 aliphatic carbocycles. The molecule has 0 aliphatic heterocycles. The molecule has 0 atom stereocenters. The van der Waals surface area contributed by atoms with Crippen molar-refractivity contribution in [2.24, 2.45) is 5.84 Å². The van der Waals surface area contributed by atoms with Crippen molar-refractivity contribution in [3.05, 3.63) is 56.6 Å². The molecule has 0 heterocycles. The summed E-state index contributed by atoms with van der Waals surface area (Å²) in [5, 5.41) is 11.4. The number of ether oxygens (including phenoxy) is 1. The first-order valence-corrected chi connectivity index (χ1v) is 6.15. The molecular formula is C12H9Cl2N3O3. The second kappa shape index (κ2) is 5.96. The molecule has 2 aromatic rings. The highest BCUT2D eigenvalue weighted by Gasteiger charge is 2.12. The van der Waals surface area contributed by atoms with Gasteiger partial charge in [0.05, 0.1) is 21.7 Å². The smallest absolute Gasteiger partial charge is 0.275 e. The van der Waals surface area contributed by atoms with E-state index in [0.717, 1.165) is 0 Å². The van der Waals surface area contributed by atoms with E-state index in [-0.39, 0.29) is 16.5 Å². The van der Waals surface area contributed by atoms with Crippen molar-refractivity contribution in [1.29, 1.82) is 0 Å². The number of hydrazine groups is 1. The van der Waals surface area contributed by atoms with Crippen LogP contribution >= 0.6 is 23.2 Å². The number of nitro groups is 1. The van der Waals surface area contributed by atoms with E-state index in [1.807, 2.05) is 0 Å². The number of nitro benzene ring substituents is 1. The van der Waals surface area contributed by atoms with E-state index < -0.39 is 4.92 Å². The minimum atomic E-state index is -0.548. The third-order valence-electron chi connectivity index (χ3n) is 2.41. The van der Waals surface area contributed by atoms with E-state index in [0.29, 0.717) is 16.5 Å². The Bertz CT molecular complexity index is 664. The van der Waals surface area contributed by atoms with Crippen molar-refractivity contribution < 1.29 is 9.66 Å². The average Bonchev–Trinajstić information content (AvgIpc) is 2.43. The van der Waals surface area contributed by atoms with Gasteiger partial charge in [-0.1, -0.05) is 29.3 Å². The Kier molecular flexibility index (Phi) is 4.29. The van der Waals surface area contributed by atoms with Crippen molar-refractivity contribution >= 4 is 34.6 Å². The van der Waals surface area contributed by atoms with Crippen LogP contribution in [0.5, 0.6) is 11.5 Å². The molecule has 0 bridgehead atoms. The monoisotopic (exact) mass is 313 g/mol. The Hall–Kier alpha value is -2.02. The van der Waals surface area contributed by atoms with Crippen molar-refractivity contribution in [1.82, 2.24) is 0 Å². The number of hydrogen-bond donors (Lipinski definition) is 2. The van der Waals surface area contributed by atoms with Gasteiger partial charge in [0.25, 0.3) is 5.69 Å². The lowest BCUT2D eigenvalue weighted by atomic mass is 10.2. The van der Waals surface area contributed by atoms with Crippen LogP contribution in [0.3, 0.4) is 0 Å². The van der Waals surface area contributed by atoms with Gasteiger partial charge in [-0.05, 0) is 12.1 Å². The van der Waals surface area contributed by atoms with Gasteiger partial charge in [0.2, 0.25) is 0 Å². The zero-order valence-electron chi connectivity index (χ0n) is 9.97. The predicted molar refractivity (Wildman–Crippen MR) is 77.4 cm³/mol. The standard InChI is InChI=1S/C12H9Cl2N3O3/c13-10-2-1-3-11(12(10)14)20-9-5-7(16-15)4-8(6-9)17(18)19/h1-6,16H,15H2. The summed E-state index contributed by atoms with van der Waals surface area (Å²) in [7, 11) is 0. The molecule has 3 N–H and O–H groups in total. The van der Waals surface area contributed by atoms with Crippen LogP contribution in [0.4, 0.5) is 11.4 Å². The summed E-state index contributed by atoms with van der Waals surface area (Å²) in [6.07, 6.45) is 0. The third kappa shape index (κ3) is 3.11. The van der Waals surface area contributed by atoms with E-state index >= 15 is 0 Å². The van der Waals surface area contributed by atoms with Gasteiger partial charge in [-0.3, -0.25) is 16.0 Å². The van der Waals surface area contributed by atoms with Crippen LogP contribution in [0.1, 0.15) is 0 Å². The summed E-state index contributed by atoms with van der Waals surface area (Å²) in [5.74, 6) is 5.77. The van der Waals surface area contributed by atoms with Crippen molar-refractivity contribution in [3.8, 4) is 11.5 Å². The molecule has 0 unspecified atom stereocenters. The minimum absolute atomic E-state index is 0.159. The Morgan fingerprint density at radius 3 is 2.65 bits per heavy atom. The fourth-order valence-corrected chi connectivity index (χ4v) is 1.85. The van der Waals surface area contributed by atoms with Gasteiger partial charge in [-0.25, -0.2) is 0 Å². The fraction of sp³-hybridized carbons (Fsp3) is 0. The topological polar surface area (TPSA) is 90.4 Å². The molecule has 6 nitrogen and oxygen atoms in total. The Balaban J connectivity index is 2.40. The zero-order chi connectivity index (χ0) is 14.7. The first-order chi connectivity index (χ1) is 9.51. The van der Waals surface area contributed by atoms with Crippen LogP contribution in [0.2, 0.25) is 10.0 Å². The van der Waals surface area contributed by atoms with Gasteiger partial charge in [0.15, 0.2) is 0 Å². The van der Waals surface area contributed by atoms with E-state index in [1.165, 1.54) is 18.2 Å². The quantitative estimate of drug-likeness (QED) is 0.506. The second-order valence-corrected chi connectivity index (χ2v) is 4.56. The predicted octanol–water partition coefficient (Wildman–Crippen LogP) is 3.98. The summed E-state index contributed by atoms with van der Waals surface area (Å²) >= 11 is 11.9. The number of anilines is 1. The lowest BCUT2D eigenvalue weighted by Crippen LogP contribution is -2.07. The first kappa shape index (κ1) is 14.4. The highest BCUT2D eigenvalue weighted by Crippen LogP contribution is 2.36. The Labute approximate surface area is 124 Å². The number of halogens is 2. The maximum Gasteiger partial charge on any atom is 0.275 e. The largest absolute Gasteiger partial charge is 0.455 e. The van der Waals surface area contributed by atoms with E-state index in [4.69, 9.17) is 33.8 Å². The molecule has 20 heavy (non-hydrogen) atoms. The molecular weight excluding hydrogens is 305 g/mol. The number of nitrogens with zero attached hydrogens (tertiary/aromatic N) is 1. The van der Waals surface area contributed by atoms with Gasteiger partial charge in [-0.2, -0.15) is 0 Å². The number of nitrogen functional groups attached to an aromatic ring is 1. The molecule has 0 saturated heterocycles. The van der Waals surface area contributed by atoms with Crippen LogP contribution in [-0.4, -0.2) is 4.92 Å². The normalized spacial score (nSPS) is 10.2. The number of nitrogens with one attached hydrogen (secondary N) is 1. The van der Waals surface area contributed by atoms with Gasteiger partial charge in [0, 0.05) is 12.1 Å². The average molecular weight is 314 g/mol. The van der Waals surface area contributed by atoms with Crippen molar-refractivity contribution in [2.45, 2.75) is 0 Å². The Morgan fingerprint density at radius 1 is 1.25 bits per heavy atom. The van der Waals surface area contributed by atoms with Gasteiger partial charge >= 0.3 is 0 Å². The first-order valence-electron chi connectivity index (χ1n) is 5.39. The summed E-state index contributed by atoms with van der Waals surface area (Å²) in [4.78, 5) is 10.3. The highest BCUT2D eigenvalue weighted by molar-refractivity contribution is 6.42. The van der Waals surface area contributed by atoms with Crippen molar-refractivity contribution in [3.63, 3.8) is 0 Å². The number of benzene rings is 2. The van der Waals surface area contributed by atoms with Crippen molar-refractivity contribution in [2.75, 3.05) is 5.43 Å². The molecule has 0 amide bonds. The van der Waals surface area contributed by atoms with Gasteiger partial charge in [-0.15, -0.1) is 0 Å². The molecule has 0 aliphatic rings. The van der Waals surface area contributed by atoms with Crippen LogP contribution in [0.25, 0.3) is 0 Å². The molecule has 0 radical (unpaired) electrons. The molecule has 104 valence electrons. The highest BCUT2D eigenvalue weighted by atomic mass is 35.5. The Morgan fingerprint density at radius 2 is 2.00 bits per heavy atom. The number of nitrogens with two attached hydrogens (primary N) is 1. The van der Waals surface area contributed by atoms with Crippen LogP contribution in [0, 0.1) is 10.1 Å². The molecule has 0 aromatic heterocycles. The molecule has 8 heteroatoms. The summed E-state index contributed by atoms with van der Waals surface area (Å²) in [5.41, 5.74) is 2.51.